The van der Waals surface area contributed by atoms with E-state index in [0.29, 0.717) is 18.9 Å². The van der Waals surface area contributed by atoms with Gasteiger partial charge in [-0.2, -0.15) is 5.10 Å². The molecule has 0 spiro atoms. The molecule has 0 aliphatic rings. The maximum absolute atomic E-state index is 12.9. The molecule has 2 rings (SSSR count). The number of carbonyl (C=O) groups is 2. The zero-order valence-electron chi connectivity index (χ0n) is 20.2. The first-order valence-electron chi connectivity index (χ1n) is 11.3. The van der Waals surface area contributed by atoms with Crippen LogP contribution in [0.1, 0.15) is 59.6 Å². The summed E-state index contributed by atoms with van der Waals surface area (Å²) in [7, 11) is 1.62. The van der Waals surface area contributed by atoms with Gasteiger partial charge in [-0.05, 0) is 37.1 Å². The summed E-state index contributed by atoms with van der Waals surface area (Å²) in [5, 5.41) is 10.6. The van der Waals surface area contributed by atoms with Gasteiger partial charge >= 0.3 is 6.03 Å². The number of aromatic nitrogens is 2. The Kier molecular flexibility index (Phi) is 9.11. The first kappa shape index (κ1) is 25.2. The van der Waals surface area contributed by atoms with Crippen molar-refractivity contribution in [1.82, 2.24) is 20.0 Å². The van der Waals surface area contributed by atoms with Gasteiger partial charge in [-0.1, -0.05) is 41.0 Å². The van der Waals surface area contributed by atoms with Crippen LogP contribution in [0, 0.1) is 0 Å². The first-order chi connectivity index (χ1) is 15.2. The molecule has 1 aromatic heterocycles. The molecule has 2 N–H and O–H groups in total. The summed E-state index contributed by atoms with van der Waals surface area (Å²) in [6.45, 7) is 11.4. The van der Waals surface area contributed by atoms with Crippen molar-refractivity contribution < 1.29 is 14.3 Å². The van der Waals surface area contributed by atoms with E-state index in [1.165, 1.54) is 0 Å². The van der Waals surface area contributed by atoms with Gasteiger partial charge < -0.3 is 20.3 Å². The van der Waals surface area contributed by atoms with Crippen molar-refractivity contribution in [1.29, 1.82) is 0 Å². The van der Waals surface area contributed by atoms with Crippen molar-refractivity contribution in [3.8, 4) is 11.4 Å². The molecule has 1 heterocycles. The Labute approximate surface area is 191 Å². The Balaban J connectivity index is 2.22. The van der Waals surface area contributed by atoms with Gasteiger partial charge in [0.2, 0.25) is 5.91 Å². The van der Waals surface area contributed by atoms with Crippen molar-refractivity contribution in [3.05, 3.63) is 36.0 Å². The molecule has 0 radical (unpaired) electrons. The topological polar surface area (TPSA) is 88.5 Å². The fourth-order valence-corrected chi connectivity index (χ4v) is 3.12. The van der Waals surface area contributed by atoms with Crippen LogP contribution in [0.3, 0.4) is 0 Å². The van der Waals surface area contributed by atoms with E-state index in [2.05, 4.69) is 38.3 Å². The lowest BCUT2D eigenvalue weighted by atomic mass is 9.92. The Bertz CT molecular complexity index is 884. The van der Waals surface area contributed by atoms with Crippen LogP contribution in [0.25, 0.3) is 5.69 Å². The smallest absolute Gasteiger partial charge is 0.317 e. The molecular formula is C24H37N5O3. The highest BCUT2D eigenvalue weighted by molar-refractivity contribution is 5.94. The molecule has 0 unspecified atom stereocenters. The van der Waals surface area contributed by atoms with E-state index in [9.17, 15) is 9.59 Å². The lowest BCUT2D eigenvalue weighted by molar-refractivity contribution is -0.116. The molecule has 0 aliphatic carbocycles. The average molecular weight is 444 g/mol. The number of benzene rings is 1. The van der Waals surface area contributed by atoms with Crippen LogP contribution in [0.5, 0.6) is 5.75 Å². The van der Waals surface area contributed by atoms with Gasteiger partial charge in [-0.15, -0.1) is 0 Å². The molecule has 8 nitrogen and oxygen atoms in total. The molecule has 0 bridgehead atoms. The second-order valence-electron chi connectivity index (χ2n) is 8.83. The lowest BCUT2D eigenvalue weighted by Gasteiger charge is -2.22. The van der Waals surface area contributed by atoms with E-state index in [-0.39, 0.29) is 23.9 Å². The minimum atomic E-state index is -0.265. The number of unbranched alkanes of at least 4 members (excludes halogenated alkanes) is 1. The van der Waals surface area contributed by atoms with E-state index in [1.807, 2.05) is 37.3 Å². The number of hydrogen-bond donors (Lipinski definition) is 2. The van der Waals surface area contributed by atoms with E-state index in [0.717, 1.165) is 36.4 Å². The number of carbonyl (C=O) groups excluding carboxylic acids is 2. The number of methoxy groups -OCH3 is 1. The van der Waals surface area contributed by atoms with Crippen LogP contribution in [-0.2, 0) is 10.2 Å². The number of anilines is 1. The number of amides is 3. The van der Waals surface area contributed by atoms with Crippen LogP contribution in [-0.4, -0.2) is 53.4 Å². The standard InChI is InChI=1S/C24H37N5O3/c1-7-9-14-25-23(31)28(15-8-2)17-22(30)26-21-16-20(24(3,4)5)27-29(21)18-10-12-19(32-6)13-11-18/h10-13,16H,7-9,14-15,17H2,1-6H3,(H,25,31)(H,26,30). The maximum Gasteiger partial charge on any atom is 0.317 e. The monoisotopic (exact) mass is 443 g/mol. The summed E-state index contributed by atoms with van der Waals surface area (Å²) in [4.78, 5) is 26.9. The maximum atomic E-state index is 12.9. The van der Waals surface area contributed by atoms with Crippen molar-refractivity contribution in [2.75, 3.05) is 32.1 Å². The normalized spacial score (nSPS) is 11.2. The largest absolute Gasteiger partial charge is 0.497 e. The highest BCUT2D eigenvalue weighted by Gasteiger charge is 2.23. The average Bonchev–Trinajstić information content (AvgIpc) is 3.17. The Morgan fingerprint density at radius 1 is 1.12 bits per heavy atom. The summed E-state index contributed by atoms with van der Waals surface area (Å²) in [6.07, 6.45) is 2.68. The fraction of sp³-hybridized carbons (Fsp3) is 0.542. The van der Waals surface area contributed by atoms with E-state index in [1.54, 1.807) is 16.7 Å². The molecule has 0 saturated heterocycles. The third-order valence-electron chi connectivity index (χ3n) is 4.98. The summed E-state index contributed by atoms with van der Waals surface area (Å²) in [5.74, 6) is 1.04. The molecule has 8 heteroatoms. The predicted octanol–water partition coefficient (Wildman–Crippen LogP) is 4.34. The second kappa shape index (κ2) is 11.5. The molecule has 32 heavy (non-hydrogen) atoms. The van der Waals surface area contributed by atoms with Gasteiger partial charge in [-0.3, -0.25) is 4.79 Å². The fourth-order valence-electron chi connectivity index (χ4n) is 3.12. The summed E-state index contributed by atoms with van der Waals surface area (Å²) in [6, 6.07) is 9.14. The quantitative estimate of drug-likeness (QED) is 0.535. The van der Waals surface area contributed by atoms with Crippen LogP contribution < -0.4 is 15.4 Å². The van der Waals surface area contributed by atoms with Gasteiger partial charge in [0.05, 0.1) is 18.5 Å². The summed E-state index contributed by atoms with van der Waals surface area (Å²) in [5.41, 5.74) is 1.47. The van der Waals surface area contributed by atoms with Gasteiger partial charge in [0.15, 0.2) is 0 Å². The van der Waals surface area contributed by atoms with Gasteiger partial charge in [0.25, 0.3) is 0 Å². The minimum absolute atomic E-state index is 0.0234. The highest BCUT2D eigenvalue weighted by atomic mass is 16.5. The molecule has 0 aliphatic heterocycles. The Morgan fingerprint density at radius 3 is 2.38 bits per heavy atom. The molecule has 3 amide bonds. The van der Waals surface area contributed by atoms with E-state index >= 15 is 0 Å². The van der Waals surface area contributed by atoms with Crippen molar-refractivity contribution in [3.63, 3.8) is 0 Å². The molecule has 1 aromatic carbocycles. The second-order valence-corrected chi connectivity index (χ2v) is 8.83. The zero-order valence-corrected chi connectivity index (χ0v) is 20.2. The van der Waals surface area contributed by atoms with Crippen molar-refractivity contribution in [2.24, 2.45) is 0 Å². The van der Waals surface area contributed by atoms with Gasteiger partial charge in [0, 0.05) is 24.6 Å². The van der Waals surface area contributed by atoms with Crippen LogP contribution in [0.4, 0.5) is 10.6 Å². The Hall–Kier alpha value is -3.03. The molecule has 0 saturated carbocycles. The van der Waals surface area contributed by atoms with Gasteiger partial charge in [-0.25, -0.2) is 9.48 Å². The van der Waals surface area contributed by atoms with Crippen molar-refractivity contribution >= 4 is 17.8 Å². The molecule has 2 aromatic rings. The highest BCUT2D eigenvalue weighted by Crippen LogP contribution is 2.27. The SMILES string of the molecule is CCCCNC(=O)N(CCC)CC(=O)Nc1cc(C(C)(C)C)nn1-c1ccc(OC)cc1. The molecule has 0 atom stereocenters. The number of nitrogens with one attached hydrogen (secondary N) is 2. The third kappa shape index (κ3) is 7.00. The number of nitrogens with zero attached hydrogens (tertiary/aromatic N) is 3. The molecule has 176 valence electrons. The van der Waals surface area contributed by atoms with Crippen LogP contribution >= 0.6 is 0 Å². The summed E-state index contributed by atoms with van der Waals surface area (Å²) < 4.78 is 6.95. The van der Waals surface area contributed by atoms with Crippen molar-refractivity contribution in [2.45, 2.75) is 59.3 Å². The number of urea groups is 1. The van der Waals surface area contributed by atoms with E-state index < -0.39 is 0 Å². The number of ether oxygens (including phenoxy) is 1. The number of hydrogen-bond acceptors (Lipinski definition) is 4. The van der Waals surface area contributed by atoms with E-state index in [4.69, 9.17) is 9.84 Å². The lowest BCUT2D eigenvalue weighted by Crippen LogP contribution is -2.44. The first-order valence-corrected chi connectivity index (χ1v) is 11.3. The number of rotatable bonds is 10. The molecule has 0 fully saturated rings. The van der Waals surface area contributed by atoms with Gasteiger partial charge in [0.1, 0.15) is 18.1 Å². The Morgan fingerprint density at radius 2 is 1.81 bits per heavy atom. The van der Waals surface area contributed by atoms with Crippen LogP contribution in [0.2, 0.25) is 0 Å². The zero-order chi connectivity index (χ0) is 23.7. The summed E-state index contributed by atoms with van der Waals surface area (Å²) >= 11 is 0. The molecular weight excluding hydrogens is 406 g/mol. The minimum Gasteiger partial charge on any atom is -0.497 e. The predicted molar refractivity (Wildman–Crippen MR) is 128 cm³/mol. The van der Waals surface area contributed by atoms with Crippen LogP contribution in [0.15, 0.2) is 30.3 Å². The third-order valence-corrected chi connectivity index (χ3v) is 4.98.